The molecule has 1 rings (SSSR count). The SMILES string of the molecule is CC/C=C/CC/C=C/CC/C=C/C(O)C(COC1OC(CO)C(O)C(O)C1O)NC(=O)CCCCCCCCCCCCCCCCCCC/C=C\C/C=C\CCCCCCCCCCCCCCCOC(=O)CCCCCCCCCCC/C=C\C/C=C\CCCCC. The molecule has 546 valence electrons. The normalized spacial score (nSPS) is 17.9. The van der Waals surface area contributed by atoms with Gasteiger partial charge >= 0.3 is 5.97 Å². The first kappa shape index (κ1) is 88.9. The van der Waals surface area contributed by atoms with Gasteiger partial charge in [-0.3, -0.25) is 9.59 Å². The maximum atomic E-state index is 13.0. The highest BCUT2D eigenvalue weighted by atomic mass is 16.7. The maximum Gasteiger partial charge on any atom is 0.305 e. The van der Waals surface area contributed by atoms with Gasteiger partial charge in [-0.1, -0.05) is 324 Å². The van der Waals surface area contributed by atoms with Gasteiger partial charge in [0.25, 0.3) is 0 Å². The zero-order valence-electron chi connectivity index (χ0n) is 60.9. The zero-order chi connectivity index (χ0) is 67.9. The fourth-order valence-corrected chi connectivity index (χ4v) is 12.2. The summed E-state index contributed by atoms with van der Waals surface area (Å²) in [6, 6.07) is -0.833. The molecule has 0 spiro atoms. The van der Waals surface area contributed by atoms with E-state index in [9.17, 15) is 35.1 Å². The fraction of sp³-hybridized carbons (Fsp3) is 0.807. The van der Waals surface area contributed by atoms with Crippen molar-refractivity contribution in [2.24, 2.45) is 0 Å². The Labute approximate surface area is 578 Å². The Morgan fingerprint density at radius 2 is 0.755 bits per heavy atom. The van der Waals surface area contributed by atoms with E-state index in [1.165, 1.54) is 257 Å². The Balaban J connectivity index is 1.87. The van der Waals surface area contributed by atoms with Crippen LogP contribution in [0.3, 0.4) is 0 Å². The zero-order valence-corrected chi connectivity index (χ0v) is 60.9. The van der Waals surface area contributed by atoms with E-state index in [4.69, 9.17) is 14.2 Å². The summed E-state index contributed by atoms with van der Waals surface area (Å²) in [5.74, 6) is -0.187. The average molecular weight is 1320 g/mol. The lowest BCUT2D eigenvalue weighted by atomic mass is 9.99. The number of hydrogen-bond acceptors (Lipinski definition) is 10. The van der Waals surface area contributed by atoms with Crippen molar-refractivity contribution in [1.82, 2.24) is 5.32 Å². The highest BCUT2D eigenvalue weighted by Crippen LogP contribution is 2.23. The van der Waals surface area contributed by atoms with Crippen LogP contribution in [0.2, 0.25) is 0 Å². The number of esters is 1. The Bertz CT molecular complexity index is 1840. The second kappa shape index (κ2) is 71.1. The second-order valence-electron chi connectivity index (χ2n) is 27.4. The first-order valence-electron chi connectivity index (χ1n) is 39.9. The van der Waals surface area contributed by atoms with Crippen molar-refractivity contribution >= 4 is 11.9 Å². The lowest BCUT2D eigenvalue weighted by Gasteiger charge is -2.40. The second-order valence-corrected chi connectivity index (χ2v) is 27.4. The van der Waals surface area contributed by atoms with Gasteiger partial charge in [0.15, 0.2) is 6.29 Å². The van der Waals surface area contributed by atoms with Gasteiger partial charge in [-0.15, -0.1) is 0 Å². The molecule has 0 aromatic heterocycles. The third-order valence-corrected chi connectivity index (χ3v) is 18.4. The molecule has 0 radical (unpaired) electrons. The van der Waals surface area contributed by atoms with E-state index in [2.05, 4.69) is 92.1 Å². The van der Waals surface area contributed by atoms with Gasteiger partial charge in [0, 0.05) is 12.8 Å². The Hall–Kier alpha value is -3.16. The minimum absolute atomic E-state index is 0.00826. The lowest BCUT2D eigenvalue weighted by Crippen LogP contribution is -2.60. The molecule has 11 nitrogen and oxygen atoms in total. The molecule has 1 heterocycles. The van der Waals surface area contributed by atoms with Crippen LogP contribution < -0.4 is 5.32 Å². The van der Waals surface area contributed by atoms with Crippen molar-refractivity contribution in [3.05, 3.63) is 85.1 Å². The molecule has 0 aromatic rings. The molecule has 94 heavy (non-hydrogen) atoms. The monoisotopic (exact) mass is 1320 g/mol. The van der Waals surface area contributed by atoms with Gasteiger partial charge in [-0.25, -0.2) is 0 Å². The standard InChI is InChI=1S/C83H149NO10/c1-3-5-7-9-11-13-15-16-17-18-38-42-45-48-51-55-59-63-67-71-79(88)92-72-68-64-60-56-52-49-46-43-40-37-35-33-31-29-27-25-23-21-19-20-22-24-26-28-30-32-34-36-39-41-44-47-50-54-58-62-66-70-78(87)84-75(74-93-83-82(91)81(90)80(89)77(73-85)94-83)76(86)69-65-61-57-53-14-12-10-8-6-4-2/h6,8,11,13-14,16-17,19,21,25,27,53,65,69,75-77,80-83,85-86,89-91H,3-5,7,9-10,12,15,18,20,22-24,26,28-52,54-64,66-68,70-74H2,1-2H3,(H,84,87)/b8-6+,13-11-,17-16-,21-19-,27-25-,53-14+,69-65+. The van der Waals surface area contributed by atoms with E-state index in [0.29, 0.717) is 19.4 Å². The molecule has 11 heteroatoms. The number of amides is 1. The Morgan fingerprint density at radius 3 is 1.16 bits per heavy atom. The molecule has 0 aromatic carbocycles. The minimum atomic E-state index is -1.58. The van der Waals surface area contributed by atoms with Crippen molar-refractivity contribution in [1.29, 1.82) is 0 Å². The molecular weight excluding hydrogens is 1170 g/mol. The summed E-state index contributed by atoms with van der Waals surface area (Å²) in [5.41, 5.74) is 0. The van der Waals surface area contributed by atoms with E-state index in [0.717, 1.165) is 83.5 Å². The van der Waals surface area contributed by atoms with Crippen LogP contribution in [0.1, 0.15) is 367 Å². The summed E-state index contributed by atoms with van der Waals surface area (Å²) in [5, 5.41) is 54.3. The lowest BCUT2D eigenvalue weighted by molar-refractivity contribution is -0.302. The number of allylic oxidation sites excluding steroid dienone is 13. The number of ether oxygens (including phenoxy) is 3. The first-order chi connectivity index (χ1) is 46.2. The van der Waals surface area contributed by atoms with Gasteiger partial charge in [0.05, 0.1) is 32.0 Å². The van der Waals surface area contributed by atoms with Gasteiger partial charge < -0.3 is 45.1 Å². The molecule has 0 saturated carbocycles. The molecule has 1 aliphatic heterocycles. The summed E-state index contributed by atoms with van der Waals surface area (Å²) in [6.07, 6.45) is 89.2. The number of aliphatic hydroxyl groups is 5. The van der Waals surface area contributed by atoms with Crippen LogP contribution in [-0.4, -0.2) is 100 Å². The van der Waals surface area contributed by atoms with Crippen LogP contribution in [0, 0.1) is 0 Å². The van der Waals surface area contributed by atoms with Crippen molar-refractivity contribution in [2.45, 2.75) is 410 Å². The summed E-state index contributed by atoms with van der Waals surface area (Å²) >= 11 is 0. The summed E-state index contributed by atoms with van der Waals surface area (Å²) < 4.78 is 16.7. The smallest absolute Gasteiger partial charge is 0.305 e. The predicted molar refractivity (Wildman–Crippen MR) is 398 cm³/mol. The Kier molecular flexibility index (Phi) is 67.2. The first-order valence-corrected chi connectivity index (χ1v) is 39.9. The number of carbonyl (C=O) groups excluding carboxylic acids is 2. The summed E-state index contributed by atoms with van der Waals surface area (Å²) in [6.45, 7) is 4.20. The highest BCUT2D eigenvalue weighted by molar-refractivity contribution is 5.76. The number of carbonyl (C=O) groups is 2. The van der Waals surface area contributed by atoms with E-state index < -0.39 is 49.5 Å². The van der Waals surface area contributed by atoms with E-state index in [1.54, 1.807) is 6.08 Å². The maximum absolute atomic E-state index is 13.0. The highest BCUT2D eigenvalue weighted by Gasteiger charge is 2.44. The van der Waals surface area contributed by atoms with Crippen molar-refractivity contribution in [3.8, 4) is 0 Å². The van der Waals surface area contributed by atoms with Crippen LogP contribution in [0.15, 0.2) is 85.1 Å². The largest absolute Gasteiger partial charge is 0.466 e. The molecule has 0 bridgehead atoms. The molecular formula is C83H149NO10. The average Bonchev–Trinajstić information content (AvgIpc) is 0.852. The molecule has 7 unspecified atom stereocenters. The number of hydrogen-bond donors (Lipinski definition) is 6. The minimum Gasteiger partial charge on any atom is -0.466 e. The van der Waals surface area contributed by atoms with E-state index in [-0.39, 0.29) is 18.5 Å². The number of rotatable bonds is 70. The molecule has 1 aliphatic rings. The van der Waals surface area contributed by atoms with Gasteiger partial charge in [-0.05, 0) is 116 Å². The van der Waals surface area contributed by atoms with Gasteiger partial charge in [-0.2, -0.15) is 0 Å². The van der Waals surface area contributed by atoms with Crippen molar-refractivity contribution in [2.75, 3.05) is 19.8 Å². The number of unbranched alkanes of at least 4 members (excludes halogenated alkanes) is 44. The van der Waals surface area contributed by atoms with Crippen LogP contribution in [0.4, 0.5) is 0 Å². The third-order valence-electron chi connectivity index (χ3n) is 18.4. The van der Waals surface area contributed by atoms with Crippen LogP contribution in [-0.2, 0) is 23.8 Å². The van der Waals surface area contributed by atoms with E-state index in [1.807, 2.05) is 6.08 Å². The molecule has 0 aliphatic carbocycles. The predicted octanol–water partition coefficient (Wildman–Crippen LogP) is 21.6. The van der Waals surface area contributed by atoms with E-state index >= 15 is 0 Å². The van der Waals surface area contributed by atoms with Crippen LogP contribution in [0.5, 0.6) is 0 Å². The van der Waals surface area contributed by atoms with Gasteiger partial charge in [0.2, 0.25) is 5.91 Å². The molecule has 1 saturated heterocycles. The third kappa shape index (κ3) is 58.9. The van der Waals surface area contributed by atoms with Crippen LogP contribution in [0.25, 0.3) is 0 Å². The van der Waals surface area contributed by atoms with Crippen molar-refractivity contribution < 1.29 is 49.3 Å². The summed E-state index contributed by atoms with van der Waals surface area (Å²) in [7, 11) is 0. The topological polar surface area (TPSA) is 175 Å². The summed E-state index contributed by atoms with van der Waals surface area (Å²) in [4.78, 5) is 25.2. The molecule has 1 amide bonds. The number of aliphatic hydroxyl groups excluding tert-OH is 5. The molecule has 6 N–H and O–H groups in total. The quantitative estimate of drug-likeness (QED) is 0.0195. The van der Waals surface area contributed by atoms with Crippen LogP contribution >= 0.6 is 0 Å². The number of nitrogens with one attached hydrogen (secondary N) is 1. The van der Waals surface area contributed by atoms with Gasteiger partial charge in [0.1, 0.15) is 24.4 Å². The molecule has 7 atom stereocenters. The Morgan fingerprint density at radius 1 is 0.404 bits per heavy atom. The van der Waals surface area contributed by atoms with Crippen molar-refractivity contribution in [3.63, 3.8) is 0 Å². The fourth-order valence-electron chi connectivity index (χ4n) is 12.2. The molecule has 1 fully saturated rings.